The number of benzene rings is 2. The first kappa shape index (κ1) is 21.5. The summed E-state index contributed by atoms with van der Waals surface area (Å²) >= 11 is 0. The van der Waals surface area contributed by atoms with E-state index in [1.54, 1.807) is 4.90 Å². The van der Waals surface area contributed by atoms with Gasteiger partial charge in [-0.2, -0.15) is 0 Å². The monoisotopic (exact) mass is 456 g/mol. The molecule has 1 aromatic heterocycles. The van der Waals surface area contributed by atoms with Crippen molar-refractivity contribution in [1.82, 2.24) is 10.2 Å². The van der Waals surface area contributed by atoms with E-state index >= 15 is 0 Å². The summed E-state index contributed by atoms with van der Waals surface area (Å²) in [7, 11) is -2.40. The second-order valence-electron chi connectivity index (χ2n) is 7.17. The van der Waals surface area contributed by atoms with Gasteiger partial charge in [-0.1, -0.05) is 23.3 Å². The molecule has 1 aliphatic heterocycles. The number of aromatic nitrogens is 2. The molecule has 166 valence electrons. The summed E-state index contributed by atoms with van der Waals surface area (Å²) in [6.45, 7) is 0.365. The minimum Gasteiger partial charge on any atom is -0.497 e. The number of hydrogen-bond donors (Lipinski definition) is 1. The summed E-state index contributed by atoms with van der Waals surface area (Å²) in [5.74, 6) is -1.31. The number of nitrogens with zero attached hydrogens (tertiary/aromatic N) is 3. The molecule has 0 saturated carbocycles. The quantitative estimate of drug-likeness (QED) is 0.571. The third-order valence-corrected chi connectivity index (χ3v) is 6.60. The van der Waals surface area contributed by atoms with E-state index < -0.39 is 21.5 Å². The van der Waals surface area contributed by atoms with E-state index in [-0.39, 0.29) is 35.0 Å². The van der Waals surface area contributed by atoms with Crippen molar-refractivity contribution in [3.8, 4) is 5.75 Å². The lowest BCUT2D eigenvalue weighted by Gasteiger charge is -2.15. The zero-order chi connectivity index (χ0) is 22.7. The minimum atomic E-state index is -3.87. The van der Waals surface area contributed by atoms with E-state index in [1.165, 1.54) is 31.4 Å². The van der Waals surface area contributed by atoms with Crippen LogP contribution in [-0.4, -0.2) is 49.8 Å². The van der Waals surface area contributed by atoms with Crippen molar-refractivity contribution in [3.05, 3.63) is 60.5 Å². The van der Waals surface area contributed by atoms with Gasteiger partial charge in [-0.05, 0) is 36.4 Å². The van der Waals surface area contributed by atoms with Crippen LogP contribution in [0.25, 0.3) is 0 Å². The first-order valence-electron chi connectivity index (χ1n) is 9.71. The average molecular weight is 456 g/mol. The van der Waals surface area contributed by atoms with Gasteiger partial charge in [0.15, 0.2) is 9.84 Å². The van der Waals surface area contributed by atoms with Crippen molar-refractivity contribution >= 4 is 33.4 Å². The van der Waals surface area contributed by atoms with Crippen LogP contribution in [0.5, 0.6) is 5.75 Å². The minimum absolute atomic E-state index is 0.00913. The lowest BCUT2D eigenvalue weighted by Crippen LogP contribution is -2.24. The fourth-order valence-corrected chi connectivity index (χ4v) is 4.51. The Hall–Kier alpha value is -3.73. The van der Waals surface area contributed by atoms with Crippen LogP contribution in [0.1, 0.15) is 18.2 Å². The molecule has 1 unspecified atom stereocenters. The Kier molecular flexibility index (Phi) is 5.91. The summed E-state index contributed by atoms with van der Waals surface area (Å²) in [5, 5.41) is 9.98. The lowest BCUT2D eigenvalue weighted by molar-refractivity contribution is -0.117. The predicted octanol–water partition coefficient (Wildman–Crippen LogP) is 2.01. The molecule has 0 aliphatic carbocycles. The summed E-state index contributed by atoms with van der Waals surface area (Å²) in [6.07, 6.45) is 0.191. The number of ether oxygens (including phenoxy) is 1. The van der Waals surface area contributed by atoms with Crippen molar-refractivity contribution in [3.63, 3.8) is 0 Å². The molecular weight excluding hydrogens is 436 g/mol. The molecule has 10 nitrogen and oxygen atoms in total. The Balaban J connectivity index is 1.38. The Bertz CT molecular complexity index is 1220. The highest BCUT2D eigenvalue weighted by Crippen LogP contribution is 2.31. The highest BCUT2D eigenvalue weighted by molar-refractivity contribution is 7.92. The van der Waals surface area contributed by atoms with E-state index in [9.17, 15) is 18.0 Å². The van der Waals surface area contributed by atoms with Gasteiger partial charge < -0.3 is 14.1 Å². The first-order chi connectivity index (χ1) is 15.4. The number of carbonyl (C=O) groups excluding carboxylic acids is 2. The molecule has 0 radical (unpaired) electrons. The van der Waals surface area contributed by atoms with Crippen LogP contribution in [0.15, 0.2) is 63.9 Å². The van der Waals surface area contributed by atoms with Gasteiger partial charge in [0.25, 0.3) is 0 Å². The Labute approximate surface area is 184 Å². The van der Waals surface area contributed by atoms with Crippen molar-refractivity contribution in [1.29, 1.82) is 0 Å². The van der Waals surface area contributed by atoms with Crippen LogP contribution < -0.4 is 15.0 Å². The van der Waals surface area contributed by atoms with Crippen molar-refractivity contribution < 1.29 is 27.2 Å². The van der Waals surface area contributed by atoms with Gasteiger partial charge in [0.2, 0.25) is 17.7 Å². The molecule has 1 N–H and O–H groups in total. The van der Waals surface area contributed by atoms with Crippen molar-refractivity contribution in [2.75, 3.05) is 29.6 Å². The third kappa shape index (κ3) is 4.62. The van der Waals surface area contributed by atoms with Crippen molar-refractivity contribution in [2.24, 2.45) is 0 Å². The molecule has 4 rings (SSSR count). The van der Waals surface area contributed by atoms with Crippen molar-refractivity contribution in [2.45, 2.75) is 17.2 Å². The largest absolute Gasteiger partial charge is 0.497 e. The fourth-order valence-electron chi connectivity index (χ4n) is 3.37. The summed E-state index contributed by atoms with van der Waals surface area (Å²) in [4.78, 5) is 26.2. The number of amides is 2. The molecule has 1 fully saturated rings. The highest BCUT2D eigenvalue weighted by Gasteiger charge is 2.35. The maximum Gasteiger partial charge on any atom is 0.322 e. The van der Waals surface area contributed by atoms with E-state index in [0.29, 0.717) is 12.3 Å². The third-order valence-electron chi connectivity index (χ3n) is 4.97. The lowest BCUT2D eigenvalue weighted by atomic mass is 10.1. The Morgan fingerprint density at radius 2 is 1.88 bits per heavy atom. The number of para-hydroxylation sites is 1. The van der Waals surface area contributed by atoms with Gasteiger partial charge in [0.05, 0.1) is 17.9 Å². The molecule has 1 saturated heterocycles. The van der Waals surface area contributed by atoms with Gasteiger partial charge in [-0.3, -0.25) is 14.9 Å². The van der Waals surface area contributed by atoms with Crippen LogP contribution in [0.3, 0.4) is 0 Å². The molecule has 2 aromatic carbocycles. The summed E-state index contributed by atoms with van der Waals surface area (Å²) < 4.78 is 35.4. The van der Waals surface area contributed by atoms with Gasteiger partial charge in [-0.25, -0.2) is 8.42 Å². The molecule has 1 atom stereocenters. The highest BCUT2D eigenvalue weighted by atomic mass is 32.2. The molecule has 0 bridgehead atoms. The van der Waals surface area contributed by atoms with Gasteiger partial charge >= 0.3 is 6.01 Å². The van der Waals surface area contributed by atoms with E-state index in [1.807, 2.05) is 30.3 Å². The maximum absolute atomic E-state index is 12.4. The van der Waals surface area contributed by atoms with Crippen LogP contribution >= 0.6 is 0 Å². The normalized spacial score (nSPS) is 16.2. The standard InChI is InChI=1S/C21H20N4O6S/c1-30-16-7-9-17(10-8-16)32(28,29)13-18(26)22-21-24-23-20(31-21)14-11-19(27)25(12-14)15-5-3-2-4-6-15/h2-10,14H,11-13H2,1H3,(H,22,24,26). The number of carbonyl (C=O) groups is 2. The van der Waals surface area contributed by atoms with Gasteiger partial charge in [0.1, 0.15) is 11.5 Å². The Morgan fingerprint density at radius 1 is 1.16 bits per heavy atom. The summed E-state index contributed by atoms with van der Waals surface area (Å²) in [6, 6.07) is 14.7. The molecule has 0 spiro atoms. The SMILES string of the molecule is COc1ccc(S(=O)(=O)CC(=O)Nc2nnc(C3CC(=O)N(c4ccccc4)C3)o2)cc1. The second kappa shape index (κ2) is 8.79. The molecule has 32 heavy (non-hydrogen) atoms. The zero-order valence-corrected chi connectivity index (χ0v) is 17.9. The number of hydrogen-bond acceptors (Lipinski definition) is 8. The van der Waals surface area contributed by atoms with Crippen LogP contribution in [0.4, 0.5) is 11.7 Å². The average Bonchev–Trinajstić information content (AvgIpc) is 3.40. The first-order valence-corrected chi connectivity index (χ1v) is 11.4. The number of methoxy groups -OCH3 is 1. The van der Waals surface area contributed by atoms with Crippen LogP contribution in [-0.2, 0) is 19.4 Å². The summed E-state index contributed by atoms with van der Waals surface area (Å²) in [5.41, 5.74) is 0.775. The second-order valence-corrected chi connectivity index (χ2v) is 9.16. The molecular formula is C21H20N4O6S. The molecule has 1 aliphatic rings. The zero-order valence-electron chi connectivity index (χ0n) is 17.1. The molecule has 2 heterocycles. The van der Waals surface area contributed by atoms with E-state index in [4.69, 9.17) is 9.15 Å². The van der Waals surface area contributed by atoms with Crippen LogP contribution in [0.2, 0.25) is 0 Å². The number of anilines is 2. The fraction of sp³-hybridized carbons (Fsp3) is 0.238. The number of rotatable bonds is 7. The predicted molar refractivity (Wildman–Crippen MR) is 114 cm³/mol. The molecule has 11 heteroatoms. The number of nitrogens with one attached hydrogen (secondary N) is 1. The van der Waals surface area contributed by atoms with Gasteiger partial charge in [0, 0.05) is 18.7 Å². The Morgan fingerprint density at radius 3 is 2.56 bits per heavy atom. The van der Waals surface area contributed by atoms with Crippen LogP contribution in [0, 0.1) is 0 Å². The smallest absolute Gasteiger partial charge is 0.322 e. The molecule has 3 aromatic rings. The van der Waals surface area contributed by atoms with E-state index in [2.05, 4.69) is 15.5 Å². The van der Waals surface area contributed by atoms with Gasteiger partial charge in [-0.15, -0.1) is 5.10 Å². The van der Waals surface area contributed by atoms with E-state index in [0.717, 1.165) is 5.69 Å². The molecule has 2 amide bonds. The maximum atomic E-state index is 12.4. The number of sulfone groups is 1. The topological polar surface area (TPSA) is 132 Å².